The molecule has 1 aliphatic rings. The number of rotatable bonds is 6. The van der Waals surface area contributed by atoms with Crippen LogP contribution in [-0.4, -0.2) is 54.5 Å². The quantitative estimate of drug-likeness (QED) is 0.580. The normalized spacial score (nSPS) is 23.0. The molecule has 0 saturated carbocycles. The van der Waals surface area contributed by atoms with Gasteiger partial charge in [0, 0.05) is 19.5 Å². The lowest BCUT2D eigenvalue weighted by Crippen LogP contribution is -2.45. The van der Waals surface area contributed by atoms with Crippen molar-refractivity contribution in [2.24, 2.45) is 5.92 Å². The number of alkyl carbamates (subject to hydrolysis) is 1. The summed E-state index contributed by atoms with van der Waals surface area (Å²) in [6.07, 6.45) is 1.83. The summed E-state index contributed by atoms with van der Waals surface area (Å²) in [5.41, 5.74) is -0.510. The SMILES string of the molecule is C[C@@H](CCNC(=O)OC(C)(C)C)CC(=O)NC1CCCNC[C@H]1O. The number of carbonyl (C=O) groups is 2. The van der Waals surface area contributed by atoms with Crippen LogP contribution in [0.25, 0.3) is 0 Å². The largest absolute Gasteiger partial charge is 0.444 e. The Morgan fingerprint density at radius 3 is 2.75 bits per heavy atom. The summed E-state index contributed by atoms with van der Waals surface area (Å²) in [6.45, 7) is 9.28. The van der Waals surface area contributed by atoms with Gasteiger partial charge in [-0.2, -0.15) is 0 Å². The highest BCUT2D eigenvalue weighted by atomic mass is 16.6. The molecule has 24 heavy (non-hydrogen) atoms. The summed E-state index contributed by atoms with van der Waals surface area (Å²) < 4.78 is 5.16. The highest BCUT2D eigenvalue weighted by Gasteiger charge is 2.23. The van der Waals surface area contributed by atoms with E-state index in [1.165, 1.54) is 0 Å². The lowest BCUT2D eigenvalue weighted by atomic mass is 10.0. The Morgan fingerprint density at radius 1 is 1.38 bits per heavy atom. The van der Waals surface area contributed by atoms with E-state index in [9.17, 15) is 14.7 Å². The summed E-state index contributed by atoms with van der Waals surface area (Å²) in [4.78, 5) is 23.7. The molecule has 1 fully saturated rings. The highest BCUT2D eigenvalue weighted by molar-refractivity contribution is 5.76. The second-order valence-corrected chi connectivity index (χ2v) is 7.61. The van der Waals surface area contributed by atoms with E-state index in [0.29, 0.717) is 25.9 Å². The van der Waals surface area contributed by atoms with E-state index < -0.39 is 17.8 Å². The zero-order valence-electron chi connectivity index (χ0n) is 15.4. The number of aliphatic hydroxyl groups excluding tert-OH is 1. The Labute approximate surface area is 144 Å². The number of nitrogens with one attached hydrogen (secondary N) is 3. The second kappa shape index (κ2) is 9.84. The summed E-state index contributed by atoms with van der Waals surface area (Å²) in [5, 5.41) is 18.8. The first-order chi connectivity index (χ1) is 11.2. The maximum absolute atomic E-state index is 12.1. The molecule has 0 radical (unpaired) electrons. The minimum absolute atomic E-state index is 0.0503. The van der Waals surface area contributed by atoms with Crippen LogP contribution in [-0.2, 0) is 9.53 Å². The molecule has 0 spiro atoms. The molecule has 1 rings (SSSR count). The smallest absolute Gasteiger partial charge is 0.407 e. The molecule has 0 aromatic rings. The molecular weight excluding hydrogens is 310 g/mol. The van der Waals surface area contributed by atoms with Gasteiger partial charge in [0.15, 0.2) is 0 Å². The van der Waals surface area contributed by atoms with Crippen molar-refractivity contribution in [2.75, 3.05) is 19.6 Å². The first-order valence-corrected chi connectivity index (χ1v) is 8.82. The van der Waals surface area contributed by atoms with Gasteiger partial charge < -0.3 is 25.8 Å². The van der Waals surface area contributed by atoms with E-state index in [2.05, 4.69) is 16.0 Å². The number of β-amino-alcohol motifs (C(OH)–C–C–N with tert-alkyl or cyclic N) is 1. The van der Waals surface area contributed by atoms with Gasteiger partial charge in [-0.3, -0.25) is 4.79 Å². The van der Waals surface area contributed by atoms with Crippen molar-refractivity contribution in [3.8, 4) is 0 Å². The van der Waals surface area contributed by atoms with Crippen molar-refractivity contribution in [3.63, 3.8) is 0 Å². The first-order valence-electron chi connectivity index (χ1n) is 8.82. The van der Waals surface area contributed by atoms with Gasteiger partial charge in [-0.15, -0.1) is 0 Å². The zero-order chi connectivity index (χ0) is 18.2. The van der Waals surface area contributed by atoms with Gasteiger partial charge in [0.25, 0.3) is 0 Å². The second-order valence-electron chi connectivity index (χ2n) is 7.61. The molecule has 7 heteroatoms. The van der Waals surface area contributed by atoms with Crippen LogP contribution >= 0.6 is 0 Å². The van der Waals surface area contributed by atoms with Gasteiger partial charge in [-0.25, -0.2) is 4.79 Å². The Hall–Kier alpha value is -1.34. The fourth-order valence-electron chi connectivity index (χ4n) is 2.62. The van der Waals surface area contributed by atoms with Crippen LogP contribution in [0.4, 0.5) is 4.79 Å². The fourth-order valence-corrected chi connectivity index (χ4v) is 2.62. The van der Waals surface area contributed by atoms with Gasteiger partial charge in [0.05, 0.1) is 12.1 Å². The third-order valence-corrected chi connectivity index (χ3v) is 3.87. The topological polar surface area (TPSA) is 99.7 Å². The van der Waals surface area contributed by atoms with E-state index >= 15 is 0 Å². The minimum atomic E-state index is -0.541. The van der Waals surface area contributed by atoms with Crippen LogP contribution in [0.2, 0.25) is 0 Å². The molecule has 1 aliphatic heterocycles. The van der Waals surface area contributed by atoms with Gasteiger partial charge in [-0.1, -0.05) is 6.92 Å². The van der Waals surface area contributed by atoms with Crippen molar-refractivity contribution >= 4 is 12.0 Å². The lowest BCUT2D eigenvalue weighted by molar-refractivity contribution is -0.123. The number of hydrogen-bond donors (Lipinski definition) is 4. The molecule has 2 amide bonds. The summed E-state index contributed by atoms with van der Waals surface area (Å²) >= 11 is 0. The van der Waals surface area contributed by atoms with Gasteiger partial charge >= 0.3 is 6.09 Å². The minimum Gasteiger partial charge on any atom is -0.444 e. The molecule has 0 aliphatic carbocycles. The molecule has 1 unspecified atom stereocenters. The average molecular weight is 343 g/mol. The fraction of sp³-hybridized carbons (Fsp3) is 0.882. The van der Waals surface area contributed by atoms with Crippen LogP contribution in [0.3, 0.4) is 0 Å². The number of carbonyl (C=O) groups excluding carboxylic acids is 2. The molecule has 140 valence electrons. The van der Waals surface area contributed by atoms with Crippen LogP contribution in [0.1, 0.15) is 53.4 Å². The van der Waals surface area contributed by atoms with Crippen molar-refractivity contribution in [1.29, 1.82) is 0 Å². The molecule has 1 heterocycles. The molecular formula is C17H33N3O4. The number of amides is 2. The highest BCUT2D eigenvalue weighted by Crippen LogP contribution is 2.11. The van der Waals surface area contributed by atoms with Crippen molar-refractivity contribution in [3.05, 3.63) is 0 Å². The maximum atomic E-state index is 12.1. The number of ether oxygens (including phenoxy) is 1. The molecule has 1 saturated heterocycles. The molecule has 0 aromatic carbocycles. The summed E-state index contributed by atoms with van der Waals surface area (Å²) in [7, 11) is 0. The van der Waals surface area contributed by atoms with E-state index in [4.69, 9.17) is 4.74 Å². The Balaban J connectivity index is 2.23. The Kier molecular flexibility index (Phi) is 8.48. The van der Waals surface area contributed by atoms with Crippen molar-refractivity contribution in [1.82, 2.24) is 16.0 Å². The van der Waals surface area contributed by atoms with Gasteiger partial charge in [-0.05, 0) is 52.5 Å². The van der Waals surface area contributed by atoms with Crippen molar-refractivity contribution < 1.29 is 19.4 Å². The first kappa shape index (κ1) is 20.7. The predicted molar refractivity (Wildman–Crippen MR) is 92.7 cm³/mol. The number of hydrogen-bond acceptors (Lipinski definition) is 5. The van der Waals surface area contributed by atoms with E-state index in [-0.39, 0.29) is 17.9 Å². The Bertz CT molecular complexity index is 409. The zero-order valence-corrected chi connectivity index (χ0v) is 15.4. The van der Waals surface area contributed by atoms with Crippen LogP contribution in [0.5, 0.6) is 0 Å². The van der Waals surface area contributed by atoms with E-state index in [1.54, 1.807) is 0 Å². The summed E-state index contributed by atoms with van der Waals surface area (Å²) in [5.74, 6) is 0.0895. The third kappa shape index (κ3) is 9.08. The molecule has 3 atom stereocenters. The van der Waals surface area contributed by atoms with Crippen LogP contribution in [0, 0.1) is 5.92 Å². The Morgan fingerprint density at radius 2 is 2.08 bits per heavy atom. The standard InChI is InChI=1S/C17H33N3O4/c1-12(7-9-19-16(23)24-17(2,3)4)10-15(22)20-13-6-5-8-18-11-14(13)21/h12-14,18,21H,5-11H2,1-4H3,(H,19,23)(H,20,22)/t12-,13?,14+/m0/s1. The molecule has 7 nitrogen and oxygen atoms in total. The third-order valence-electron chi connectivity index (χ3n) is 3.87. The molecule has 0 bridgehead atoms. The molecule has 4 N–H and O–H groups in total. The predicted octanol–water partition coefficient (Wildman–Crippen LogP) is 1.16. The van der Waals surface area contributed by atoms with E-state index in [0.717, 1.165) is 19.4 Å². The monoisotopic (exact) mass is 343 g/mol. The van der Waals surface area contributed by atoms with Crippen LogP contribution < -0.4 is 16.0 Å². The number of aliphatic hydroxyl groups is 1. The maximum Gasteiger partial charge on any atom is 0.407 e. The van der Waals surface area contributed by atoms with E-state index in [1.807, 2.05) is 27.7 Å². The average Bonchev–Trinajstić information content (AvgIpc) is 2.62. The van der Waals surface area contributed by atoms with Gasteiger partial charge in [0.1, 0.15) is 5.60 Å². The lowest BCUT2D eigenvalue weighted by Gasteiger charge is -2.22. The summed E-state index contributed by atoms with van der Waals surface area (Å²) in [6, 6.07) is -0.181. The molecule has 0 aromatic heterocycles. The van der Waals surface area contributed by atoms with Crippen molar-refractivity contribution in [2.45, 2.75) is 71.1 Å². The van der Waals surface area contributed by atoms with Crippen LogP contribution in [0.15, 0.2) is 0 Å². The van der Waals surface area contributed by atoms with Gasteiger partial charge in [0.2, 0.25) is 5.91 Å².